The van der Waals surface area contributed by atoms with Gasteiger partial charge < -0.3 is 4.42 Å². The van der Waals surface area contributed by atoms with Gasteiger partial charge in [-0.2, -0.15) is 0 Å². The number of aromatic nitrogens is 2. The summed E-state index contributed by atoms with van der Waals surface area (Å²) in [5.41, 5.74) is 1.70. The van der Waals surface area contributed by atoms with Gasteiger partial charge in [0.05, 0.1) is 17.8 Å². The van der Waals surface area contributed by atoms with E-state index in [1.54, 1.807) is 12.3 Å². The number of rotatable bonds is 2. The first-order valence-electron chi connectivity index (χ1n) is 4.24. The number of nitrogens with zero attached hydrogens (tertiary/aromatic N) is 2. The summed E-state index contributed by atoms with van der Waals surface area (Å²) < 4.78 is 5.21. The summed E-state index contributed by atoms with van der Waals surface area (Å²) >= 11 is 5.71. The van der Waals surface area contributed by atoms with Crippen LogP contribution < -0.4 is 0 Å². The van der Waals surface area contributed by atoms with E-state index in [0.717, 1.165) is 11.4 Å². The molecule has 0 aliphatic heterocycles. The third-order valence-corrected chi connectivity index (χ3v) is 2.06. The summed E-state index contributed by atoms with van der Waals surface area (Å²) in [5, 5.41) is 0. The van der Waals surface area contributed by atoms with Crippen molar-refractivity contribution in [2.75, 3.05) is 0 Å². The van der Waals surface area contributed by atoms with Crippen molar-refractivity contribution >= 4 is 11.6 Å². The molecule has 3 nitrogen and oxygen atoms in total. The molecule has 0 aliphatic rings. The fourth-order valence-corrected chi connectivity index (χ4v) is 1.36. The van der Waals surface area contributed by atoms with Gasteiger partial charge >= 0.3 is 0 Å². The predicted octanol–water partition coefficient (Wildman–Crippen LogP) is 2.78. The van der Waals surface area contributed by atoms with Crippen LogP contribution in [0.5, 0.6) is 0 Å². The molecule has 0 atom stereocenters. The first kappa shape index (κ1) is 9.21. The van der Waals surface area contributed by atoms with Crippen LogP contribution in [0.1, 0.15) is 11.4 Å². The highest BCUT2D eigenvalue weighted by atomic mass is 35.5. The lowest BCUT2D eigenvalue weighted by Gasteiger charge is -2.00. The average Bonchev–Trinajstić information content (AvgIpc) is 2.69. The molecule has 0 amide bonds. The number of alkyl halides is 1. The molecule has 2 aromatic rings. The van der Waals surface area contributed by atoms with E-state index in [0.29, 0.717) is 17.5 Å². The van der Waals surface area contributed by atoms with Crippen molar-refractivity contribution in [1.29, 1.82) is 0 Å². The van der Waals surface area contributed by atoms with E-state index in [2.05, 4.69) is 9.97 Å². The highest BCUT2D eigenvalue weighted by Gasteiger charge is 2.06. The molecule has 4 heteroatoms. The second-order valence-electron chi connectivity index (χ2n) is 2.94. The quantitative estimate of drug-likeness (QED) is 0.713. The standard InChI is InChI=1S/C10H9ClN2O/c1-7-5-8(6-11)13-10(12-7)9-3-2-4-14-9/h2-5H,6H2,1H3. The fourth-order valence-electron chi connectivity index (χ4n) is 1.22. The average molecular weight is 209 g/mol. The zero-order valence-electron chi connectivity index (χ0n) is 7.70. The SMILES string of the molecule is Cc1cc(CCl)nc(-c2ccco2)n1. The van der Waals surface area contributed by atoms with Crippen molar-refractivity contribution in [3.63, 3.8) is 0 Å². The van der Waals surface area contributed by atoms with Crippen molar-refractivity contribution in [2.24, 2.45) is 0 Å². The maximum Gasteiger partial charge on any atom is 0.196 e. The molecular formula is C10H9ClN2O. The minimum Gasteiger partial charge on any atom is -0.461 e. The largest absolute Gasteiger partial charge is 0.461 e. The van der Waals surface area contributed by atoms with E-state index in [1.165, 1.54) is 0 Å². The van der Waals surface area contributed by atoms with E-state index in [1.807, 2.05) is 19.1 Å². The predicted molar refractivity (Wildman–Crippen MR) is 54.0 cm³/mol. The molecule has 0 saturated heterocycles. The molecule has 0 aromatic carbocycles. The van der Waals surface area contributed by atoms with Gasteiger partial charge in [-0.1, -0.05) is 0 Å². The third kappa shape index (κ3) is 1.77. The van der Waals surface area contributed by atoms with Crippen LogP contribution in [0.2, 0.25) is 0 Å². The highest BCUT2D eigenvalue weighted by molar-refractivity contribution is 6.16. The lowest BCUT2D eigenvalue weighted by molar-refractivity contribution is 0.576. The van der Waals surface area contributed by atoms with Gasteiger partial charge in [-0.05, 0) is 25.1 Å². The first-order chi connectivity index (χ1) is 6.79. The van der Waals surface area contributed by atoms with E-state index in [9.17, 15) is 0 Å². The van der Waals surface area contributed by atoms with Gasteiger partial charge in [-0.3, -0.25) is 0 Å². The van der Waals surface area contributed by atoms with Crippen molar-refractivity contribution in [3.05, 3.63) is 35.9 Å². The number of halogens is 1. The van der Waals surface area contributed by atoms with E-state index in [4.69, 9.17) is 16.0 Å². The Kier molecular flexibility index (Phi) is 2.50. The Hall–Kier alpha value is -1.35. The van der Waals surface area contributed by atoms with Gasteiger partial charge in [-0.25, -0.2) is 9.97 Å². The van der Waals surface area contributed by atoms with Crippen LogP contribution in [0.4, 0.5) is 0 Å². The molecule has 2 rings (SSSR count). The Morgan fingerprint density at radius 1 is 1.43 bits per heavy atom. The number of furan rings is 1. The van der Waals surface area contributed by atoms with Crippen molar-refractivity contribution in [1.82, 2.24) is 9.97 Å². The van der Waals surface area contributed by atoms with Crippen LogP contribution >= 0.6 is 11.6 Å². The molecule has 0 spiro atoms. The topological polar surface area (TPSA) is 38.9 Å². The summed E-state index contributed by atoms with van der Waals surface area (Å²) in [7, 11) is 0. The second kappa shape index (κ2) is 3.80. The van der Waals surface area contributed by atoms with Gasteiger partial charge in [0.1, 0.15) is 0 Å². The summed E-state index contributed by atoms with van der Waals surface area (Å²) in [5.74, 6) is 1.64. The summed E-state index contributed by atoms with van der Waals surface area (Å²) in [6.45, 7) is 1.91. The van der Waals surface area contributed by atoms with Crippen LogP contribution in [-0.2, 0) is 5.88 Å². The highest BCUT2D eigenvalue weighted by Crippen LogP contribution is 2.16. The van der Waals surface area contributed by atoms with Crippen LogP contribution in [-0.4, -0.2) is 9.97 Å². The molecular weight excluding hydrogens is 200 g/mol. The monoisotopic (exact) mass is 208 g/mol. The van der Waals surface area contributed by atoms with E-state index >= 15 is 0 Å². The first-order valence-corrected chi connectivity index (χ1v) is 4.77. The number of aryl methyl sites for hydroxylation is 1. The van der Waals surface area contributed by atoms with Crippen molar-refractivity contribution in [2.45, 2.75) is 12.8 Å². The Balaban J connectivity index is 2.48. The van der Waals surface area contributed by atoms with Gasteiger partial charge in [0, 0.05) is 5.69 Å². The smallest absolute Gasteiger partial charge is 0.196 e. The summed E-state index contributed by atoms with van der Waals surface area (Å²) in [6.07, 6.45) is 1.60. The van der Waals surface area contributed by atoms with Crippen LogP contribution in [0.25, 0.3) is 11.6 Å². The molecule has 0 saturated carbocycles. The van der Waals surface area contributed by atoms with Crippen molar-refractivity contribution in [3.8, 4) is 11.6 Å². The molecule has 0 bridgehead atoms. The zero-order chi connectivity index (χ0) is 9.97. The molecule has 2 heterocycles. The normalized spacial score (nSPS) is 10.4. The maximum atomic E-state index is 5.71. The Bertz CT molecular complexity index is 426. The lowest BCUT2D eigenvalue weighted by atomic mass is 10.3. The zero-order valence-corrected chi connectivity index (χ0v) is 8.45. The third-order valence-electron chi connectivity index (χ3n) is 1.79. The van der Waals surface area contributed by atoms with Crippen molar-refractivity contribution < 1.29 is 4.42 Å². The molecule has 72 valence electrons. The molecule has 0 radical (unpaired) electrons. The Morgan fingerprint density at radius 3 is 2.93 bits per heavy atom. The van der Waals surface area contributed by atoms with Gasteiger partial charge in [-0.15, -0.1) is 11.6 Å². The molecule has 14 heavy (non-hydrogen) atoms. The van der Waals surface area contributed by atoms with Gasteiger partial charge in [0.2, 0.25) is 0 Å². The van der Waals surface area contributed by atoms with E-state index in [-0.39, 0.29) is 0 Å². The molecule has 2 aromatic heterocycles. The molecule has 0 unspecified atom stereocenters. The minimum absolute atomic E-state index is 0.386. The summed E-state index contributed by atoms with van der Waals surface area (Å²) in [6, 6.07) is 5.49. The van der Waals surface area contributed by atoms with Crippen LogP contribution in [0.3, 0.4) is 0 Å². The Morgan fingerprint density at radius 2 is 2.29 bits per heavy atom. The maximum absolute atomic E-state index is 5.71. The van der Waals surface area contributed by atoms with Gasteiger partial charge in [0.25, 0.3) is 0 Å². The lowest BCUT2D eigenvalue weighted by Crippen LogP contribution is -1.95. The summed E-state index contributed by atoms with van der Waals surface area (Å²) in [4.78, 5) is 8.52. The molecule has 0 aliphatic carbocycles. The van der Waals surface area contributed by atoms with Crippen LogP contribution in [0.15, 0.2) is 28.9 Å². The van der Waals surface area contributed by atoms with E-state index < -0.39 is 0 Å². The number of hydrogen-bond donors (Lipinski definition) is 0. The molecule has 0 fully saturated rings. The minimum atomic E-state index is 0.386. The molecule has 0 N–H and O–H groups in total. The fraction of sp³-hybridized carbons (Fsp3) is 0.200. The van der Waals surface area contributed by atoms with Gasteiger partial charge in [0.15, 0.2) is 11.6 Å². The van der Waals surface area contributed by atoms with Crippen LogP contribution in [0, 0.1) is 6.92 Å². The second-order valence-corrected chi connectivity index (χ2v) is 3.20. The Labute approximate surface area is 86.8 Å². The number of hydrogen-bond acceptors (Lipinski definition) is 3.